The van der Waals surface area contributed by atoms with E-state index in [9.17, 15) is 9.18 Å². The smallest absolute Gasteiger partial charge is 0.272 e. The van der Waals surface area contributed by atoms with E-state index in [1.165, 1.54) is 12.1 Å². The zero-order valence-corrected chi connectivity index (χ0v) is 15.3. The van der Waals surface area contributed by atoms with Gasteiger partial charge in [-0.05, 0) is 66.1 Å². The van der Waals surface area contributed by atoms with Crippen LogP contribution in [0.1, 0.15) is 12.5 Å². The molecule has 0 N–H and O–H groups in total. The first-order valence-electron chi connectivity index (χ1n) is 9.26. The van der Waals surface area contributed by atoms with Gasteiger partial charge in [-0.15, -0.1) is 0 Å². The molecule has 5 heteroatoms. The highest BCUT2D eigenvalue weighted by molar-refractivity contribution is 6.06. The highest BCUT2D eigenvalue weighted by Gasteiger charge is 2.33. The van der Waals surface area contributed by atoms with Crippen molar-refractivity contribution in [3.8, 4) is 22.6 Å². The monoisotopic (exact) mass is 375 g/mol. The Bertz CT molecular complexity index is 1090. The fourth-order valence-electron chi connectivity index (χ4n) is 3.76. The molecule has 4 nitrogen and oxygen atoms in total. The first-order chi connectivity index (χ1) is 13.6. The molecule has 0 spiro atoms. The second-order valence-electron chi connectivity index (χ2n) is 7.02. The predicted molar refractivity (Wildman–Crippen MR) is 105 cm³/mol. The van der Waals surface area contributed by atoms with Gasteiger partial charge in [-0.2, -0.15) is 0 Å². The molecule has 0 bridgehead atoms. The van der Waals surface area contributed by atoms with Crippen LogP contribution in [-0.2, 0) is 11.2 Å². The predicted octanol–water partition coefficient (Wildman–Crippen LogP) is 4.87. The Morgan fingerprint density at radius 1 is 1.00 bits per heavy atom. The number of fused-ring (bicyclic) bond motifs is 2. The van der Waals surface area contributed by atoms with Crippen molar-refractivity contribution in [3.05, 3.63) is 72.0 Å². The number of nitrogens with zero attached hydrogens (tertiary/aromatic N) is 1. The van der Waals surface area contributed by atoms with Crippen LogP contribution in [0.15, 0.2) is 60.7 Å². The quantitative estimate of drug-likeness (QED) is 0.641. The fraction of sp³-hybridized carbons (Fsp3) is 0.174. The molecule has 0 fully saturated rings. The van der Waals surface area contributed by atoms with Crippen LogP contribution in [0, 0.1) is 5.82 Å². The van der Waals surface area contributed by atoms with Crippen molar-refractivity contribution >= 4 is 17.3 Å². The standard InChI is InChI=1S/C23H18FNO3/c1-14-23(26)25(19-6-8-21-17(12-19)9-10-27-21)20-13-16(5-7-22(20)28-14)15-3-2-4-18(24)11-15/h2-8,11-14H,9-10H2,1H3. The summed E-state index contributed by atoms with van der Waals surface area (Å²) in [4.78, 5) is 14.7. The van der Waals surface area contributed by atoms with Gasteiger partial charge in [-0.3, -0.25) is 9.69 Å². The molecule has 2 heterocycles. The average molecular weight is 375 g/mol. The first-order valence-corrected chi connectivity index (χ1v) is 9.26. The van der Waals surface area contributed by atoms with Crippen LogP contribution in [0.25, 0.3) is 11.1 Å². The summed E-state index contributed by atoms with van der Waals surface area (Å²) >= 11 is 0. The summed E-state index contributed by atoms with van der Waals surface area (Å²) in [5.41, 5.74) is 4.09. The maximum absolute atomic E-state index is 13.7. The summed E-state index contributed by atoms with van der Waals surface area (Å²) in [5, 5.41) is 0. The fourth-order valence-corrected chi connectivity index (χ4v) is 3.76. The molecule has 2 aliphatic rings. The third-order valence-corrected chi connectivity index (χ3v) is 5.16. The molecule has 5 rings (SSSR count). The number of carbonyl (C=O) groups excluding carboxylic acids is 1. The summed E-state index contributed by atoms with van der Waals surface area (Å²) in [7, 11) is 0. The summed E-state index contributed by atoms with van der Waals surface area (Å²) in [6, 6.07) is 17.8. The lowest BCUT2D eigenvalue weighted by atomic mass is 10.0. The SMILES string of the molecule is CC1Oc2ccc(-c3cccc(F)c3)cc2N(c2ccc3c(c2)CCO3)C1=O. The van der Waals surface area contributed by atoms with Gasteiger partial charge < -0.3 is 9.47 Å². The van der Waals surface area contributed by atoms with Crippen LogP contribution in [-0.4, -0.2) is 18.6 Å². The van der Waals surface area contributed by atoms with Gasteiger partial charge in [0.2, 0.25) is 0 Å². The van der Waals surface area contributed by atoms with Gasteiger partial charge >= 0.3 is 0 Å². The van der Waals surface area contributed by atoms with Crippen molar-refractivity contribution in [2.24, 2.45) is 0 Å². The first kappa shape index (κ1) is 16.8. The van der Waals surface area contributed by atoms with E-state index in [0.29, 0.717) is 18.0 Å². The van der Waals surface area contributed by atoms with Gasteiger partial charge in [0.1, 0.15) is 17.3 Å². The summed E-state index contributed by atoms with van der Waals surface area (Å²) in [6.45, 7) is 2.40. The summed E-state index contributed by atoms with van der Waals surface area (Å²) < 4.78 is 25.1. The van der Waals surface area contributed by atoms with Crippen molar-refractivity contribution in [2.75, 3.05) is 11.5 Å². The molecule has 140 valence electrons. The number of hydrogen-bond acceptors (Lipinski definition) is 3. The van der Waals surface area contributed by atoms with E-state index in [1.807, 2.05) is 42.5 Å². The summed E-state index contributed by atoms with van der Waals surface area (Å²) in [6.07, 6.45) is 0.241. The molecular formula is C23H18FNO3. The molecule has 2 aliphatic heterocycles. The highest BCUT2D eigenvalue weighted by Crippen LogP contribution is 2.42. The Balaban J connectivity index is 1.64. The zero-order chi connectivity index (χ0) is 19.3. The van der Waals surface area contributed by atoms with E-state index in [4.69, 9.17) is 9.47 Å². The Hall–Kier alpha value is -3.34. The van der Waals surface area contributed by atoms with Crippen LogP contribution in [0.5, 0.6) is 11.5 Å². The molecule has 3 aromatic carbocycles. The second kappa shape index (κ2) is 6.37. The highest BCUT2D eigenvalue weighted by atomic mass is 19.1. The Kier molecular flexibility index (Phi) is 3.83. The molecule has 0 aliphatic carbocycles. The van der Waals surface area contributed by atoms with Gasteiger partial charge in [-0.25, -0.2) is 4.39 Å². The minimum atomic E-state index is -0.586. The molecule has 0 radical (unpaired) electrons. The van der Waals surface area contributed by atoms with Crippen molar-refractivity contribution in [3.63, 3.8) is 0 Å². The Morgan fingerprint density at radius 3 is 2.68 bits per heavy atom. The number of carbonyl (C=O) groups is 1. The number of ether oxygens (including phenoxy) is 2. The van der Waals surface area contributed by atoms with Crippen LogP contribution in [0.4, 0.5) is 15.8 Å². The van der Waals surface area contributed by atoms with Crippen molar-refractivity contribution in [1.29, 1.82) is 0 Å². The van der Waals surface area contributed by atoms with E-state index in [1.54, 1.807) is 17.9 Å². The molecule has 0 aromatic heterocycles. The second-order valence-corrected chi connectivity index (χ2v) is 7.02. The van der Waals surface area contributed by atoms with Crippen LogP contribution >= 0.6 is 0 Å². The third kappa shape index (κ3) is 2.71. The Morgan fingerprint density at radius 2 is 1.82 bits per heavy atom. The van der Waals surface area contributed by atoms with Crippen molar-refractivity contribution < 1.29 is 18.7 Å². The largest absolute Gasteiger partial charge is 0.493 e. The number of rotatable bonds is 2. The Labute approximate surface area is 162 Å². The van der Waals surface area contributed by atoms with Gasteiger partial charge in [0, 0.05) is 12.1 Å². The van der Waals surface area contributed by atoms with E-state index in [0.717, 1.165) is 34.5 Å². The van der Waals surface area contributed by atoms with Gasteiger partial charge in [0.05, 0.1) is 12.3 Å². The molecule has 1 amide bonds. The van der Waals surface area contributed by atoms with E-state index >= 15 is 0 Å². The van der Waals surface area contributed by atoms with Crippen LogP contribution in [0.2, 0.25) is 0 Å². The minimum absolute atomic E-state index is 0.136. The topological polar surface area (TPSA) is 38.8 Å². The zero-order valence-electron chi connectivity index (χ0n) is 15.3. The van der Waals surface area contributed by atoms with Crippen LogP contribution < -0.4 is 14.4 Å². The van der Waals surface area contributed by atoms with Gasteiger partial charge in [0.25, 0.3) is 5.91 Å². The molecule has 28 heavy (non-hydrogen) atoms. The summed E-state index contributed by atoms with van der Waals surface area (Å²) in [5.74, 6) is 1.06. The molecule has 0 saturated heterocycles. The maximum Gasteiger partial charge on any atom is 0.272 e. The lowest BCUT2D eigenvalue weighted by Gasteiger charge is -2.33. The van der Waals surface area contributed by atoms with E-state index in [-0.39, 0.29) is 11.7 Å². The number of halogens is 1. The third-order valence-electron chi connectivity index (χ3n) is 5.16. The van der Waals surface area contributed by atoms with Crippen molar-refractivity contribution in [2.45, 2.75) is 19.4 Å². The average Bonchev–Trinajstić information content (AvgIpc) is 3.16. The molecule has 3 aromatic rings. The number of anilines is 2. The molecule has 1 unspecified atom stereocenters. The number of amides is 1. The normalized spacial score (nSPS) is 17.6. The maximum atomic E-state index is 13.7. The number of hydrogen-bond donors (Lipinski definition) is 0. The lowest BCUT2D eigenvalue weighted by Crippen LogP contribution is -2.41. The van der Waals surface area contributed by atoms with Gasteiger partial charge in [0.15, 0.2) is 6.10 Å². The molecule has 1 atom stereocenters. The van der Waals surface area contributed by atoms with E-state index in [2.05, 4.69) is 0 Å². The molecule has 0 saturated carbocycles. The van der Waals surface area contributed by atoms with Gasteiger partial charge in [-0.1, -0.05) is 18.2 Å². The minimum Gasteiger partial charge on any atom is -0.493 e. The van der Waals surface area contributed by atoms with Crippen molar-refractivity contribution in [1.82, 2.24) is 0 Å². The number of benzene rings is 3. The van der Waals surface area contributed by atoms with Crippen LogP contribution in [0.3, 0.4) is 0 Å². The van der Waals surface area contributed by atoms with E-state index < -0.39 is 6.10 Å². The molecular weight excluding hydrogens is 357 g/mol. The lowest BCUT2D eigenvalue weighted by molar-refractivity contribution is -0.124.